The van der Waals surface area contributed by atoms with Gasteiger partial charge in [0.15, 0.2) is 0 Å². The van der Waals surface area contributed by atoms with Gasteiger partial charge in [-0.2, -0.15) is 0 Å². The van der Waals surface area contributed by atoms with Gasteiger partial charge >= 0.3 is 0 Å². The molecule has 28 heavy (non-hydrogen) atoms. The summed E-state index contributed by atoms with van der Waals surface area (Å²) in [5, 5.41) is 2.90. The molecule has 0 aromatic heterocycles. The lowest BCUT2D eigenvalue weighted by molar-refractivity contribution is -0.154. The molecule has 1 aliphatic heterocycles. The average Bonchev–Trinajstić information content (AvgIpc) is 2.70. The zero-order valence-corrected chi connectivity index (χ0v) is 16.5. The van der Waals surface area contributed by atoms with Crippen molar-refractivity contribution >= 4 is 17.5 Å². The molecular weight excluding hydrogens is 356 g/mol. The number of carbonyl (C=O) groups is 2. The number of nitrogens with zero attached hydrogens (tertiary/aromatic N) is 1. The average molecular weight is 382 g/mol. The SMILES string of the molecule is COc1ccc(CN2C(=O)COC[C@H]2C(=O)Nc2ccc(C(C)C)cc2)cc1. The highest BCUT2D eigenvalue weighted by Crippen LogP contribution is 2.20. The zero-order chi connectivity index (χ0) is 20.1. The van der Waals surface area contributed by atoms with Gasteiger partial charge in [-0.25, -0.2) is 0 Å². The fourth-order valence-electron chi connectivity index (χ4n) is 3.12. The van der Waals surface area contributed by atoms with Gasteiger partial charge in [0.2, 0.25) is 11.8 Å². The number of rotatable bonds is 6. The van der Waals surface area contributed by atoms with Gasteiger partial charge in [-0.15, -0.1) is 0 Å². The van der Waals surface area contributed by atoms with Crippen molar-refractivity contribution in [1.82, 2.24) is 4.90 Å². The number of anilines is 1. The van der Waals surface area contributed by atoms with E-state index in [9.17, 15) is 9.59 Å². The summed E-state index contributed by atoms with van der Waals surface area (Å²) in [5.41, 5.74) is 2.84. The van der Waals surface area contributed by atoms with E-state index in [-0.39, 0.29) is 25.0 Å². The molecule has 0 unspecified atom stereocenters. The van der Waals surface area contributed by atoms with Crippen molar-refractivity contribution in [2.45, 2.75) is 32.4 Å². The minimum absolute atomic E-state index is 0.0109. The van der Waals surface area contributed by atoms with Crippen molar-refractivity contribution < 1.29 is 19.1 Å². The van der Waals surface area contributed by atoms with E-state index in [2.05, 4.69) is 19.2 Å². The predicted molar refractivity (Wildman–Crippen MR) is 107 cm³/mol. The van der Waals surface area contributed by atoms with Gasteiger partial charge in [0.05, 0.1) is 13.7 Å². The summed E-state index contributed by atoms with van der Waals surface area (Å²) in [5.74, 6) is 0.724. The Labute approximate surface area is 165 Å². The van der Waals surface area contributed by atoms with Crippen LogP contribution in [0.25, 0.3) is 0 Å². The summed E-state index contributed by atoms with van der Waals surface area (Å²) >= 11 is 0. The Hall–Kier alpha value is -2.86. The van der Waals surface area contributed by atoms with Gasteiger partial charge in [-0.05, 0) is 41.3 Å². The van der Waals surface area contributed by atoms with Crippen molar-refractivity contribution in [2.75, 3.05) is 25.6 Å². The van der Waals surface area contributed by atoms with Crippen LogP contribution in [-0.4, -0.2) is 43.1 Å². The quantitative estimate of drug-likeness (QED) is 0.833. The van der Waals surface area contributed by atoms with E-state index in [4.69, 9.17) is 9.47 Å². The first kappa shape index (κ1) is 19.9. The third-order valence-corrected chi connectivity index (χ3v) is 4.86. The lowest BCUT2D eigenvalue weighted by Crippen LogP contribution is -2.54. The molecule has 2 aromatic rings. The number of ether oxygens (including phenoxy) is 2. The monoisotopic (exact) mass is 382 g/mol. The van der Waals surface area contributed by atoms with Crippen LogP contribution in [0.3, 0.4) is 0 Å². The fourth-order valence-corrected chi connectivity index (χ4v) is 3.12. The van der Waals surface area contributed by atoms with Crippen LogP contribution in [0.15, 0.2) is 48.5 Å². The second-order valence-electron chi connectivity index (χ2n) is 7.17. The van der Waals surface area contributed by atoms with Crippen molar-refractivity contribution in [3.8, 4) is 5.75 Å². The van der Waals surface area contributed by atoms with Crippen molar-refractivity contribution in [2.24, 2.45) is 0 Å². The van der Waals surface area contributed by atoms with Crippen LogP contribution in [0.1, 0.15) is 30.9 Å². The number of benzene rings is 2. The van der Waals surface area contributed by atoms with E-state index in [0.717, 1.165) is 11.3 Å². The number of nitrogens with one attached hydrogen (secondary N) is 1. The minimum Gasteiger partial charge on any atom is -0.497 e. The number of amides is 2. The third-order valence-electron chi connectivity index (χ3n) is 4.86. The predicted octanol–water partition coefficient (Wildman–Crippen LogP) is 3.18. The van der Waals surface area contributed by atoms with Gasteiger partial charge in [0.1, 0.15) is 18.4 Å². The van der Waals surface area contributed by atoms with E-state index in [1.54, 1.807) is 12.0 Å². The van der Waals surface area contributed by atoms with Crippen LogP contribution in [0.5, 0.6) is 5.75 Å². The van der Waals surface area contributed by atoms with Crippen LogP contribution < -0.4 is 10.1 Å². The number of hydrogen-bond donors (Lipinski definition) is 1. The lowest BCUT2D eigenvalue weighted by atomic mass is 10.0. The van der Waals surface area contributed by atoms with Gasteiger partial charge in [-0.1, -0.05) is 38.1 Å². The standard InChI is InChI=1S/C22H26N2O4/c1-15(2)17-6-8-18(9-7-17)23-22(26)20-13-28-14-21(25)24(20)12-16-4-10-19(27-3)11-5-16/h4-11,15,20H,12-14H2,1-3H3,(H,23,26)/t20-/m0/s1. The van der Waals surface area contributed by atoms with E-state index < -0.39 is 6.04 Å². The molecule has 1 heterocycles. The summed E-state index contributed by atoms with van der Waals surface area (Å²) < 4.78 is 10.5. The Morgan fingerprint density at radius 3 is 2.46 bits per heavy atom. The number of morpholine rings is 1. The summed E-state index contributed by atoms with van der Waals surface area (Å²) in [4.78, 5) is 26.8. The van der Waals surface area contributed by atoms with Crippen LogP contribution in [-0.2, 0) is 20.9 Å². The highest BCUT2D eigenvalue weighted by Gasteiger charge is 2.34. The topological polar surface area (TPSA) is 67.9 Å². The van der Waals surface area contributed by atoms with E-state index in [0.29, 0.717) is 18.2 Å². The van der Waals surface area contributed by atoms with Crippen molar-refractivity contribution in [3.63, 3.8) is 0 Å². The molecule has 1 fully saturated rings. The normalized spacial score (nSPS) is 16.9. The maximum Gasteiger partial charge on any atom is 0.249 e. The Morgan fingerprint density at radius 2 is 1.86 bits per heavy atom. The third kappa shape index (κ3) is 4.70. The first-order valence-corrected chi connectivity index (χ1v) is 9.39. The maximum atomic E-state index is 12.8. The molecule has 1 N–H and O–H groups in total. The molecule has 0 bridgehead atoms. The first-order valence-electron chi connectivity index (χ1n) is 9.39. The molecule has 1 saturated heterocycles. The van der Waals surface area contributed by atoms with Gasteiger partial charge in [-0.3, -0.25) is 9.59 Å². The summed E-state index contributed by atoms with van der Waals surface area (Å²) in [6, 6.07) is 14.5. The molecule has 1 aliphatic rings. The summed E-state index contributed by atoms with van der Waals surface area (Å²) in [7, 11) is 1.61. The molecule has 0 saturated carbocycles. The Bertz CT molecular complexity index is 815. The molecule has 0 radical (unpaired) electrons. The van der Waals surface area contributed by atoms with Crippen LogP contribution in [0.2, 0.25) is 0 Å². The minimum atomic E-state index is -0.673. The van der Waals surface area contributed by atoms with Gasteiger partial charge in [0.25, 0.3) is 0 Å². The van der Waals surface area contributed by atoms with Crippen molar-refractivity contribution in [3.05, 3.63) is 59.7 Å². The van der Waals surface area contributed by atoms with Gasteiger partial charge < -0.3 is 19.7 Å². The Balaban J connectivity index is 1.71. The van der Waals surface area contributed by atoms with Gasteiger partial charge in [0, 0.05) is 12.2 Å². The van der Waals surface area contributed by atoms with Crippen LogP contribution in [0.4, 0.5) is 5.69 Å². The molecule has 3 rings (SSSR count). The second-order valence-corrected chi connectivity index (χ2v) is 7.17. The molecule has 0 spiro atoms. The van der Waals surface area contributed by atoms with Crippen LogP contribution >= 0.6 is 0 Å². The molecule has 1 atom stereocenters. The number of hydrogen-bond acceptors (Lipinski definition) is 4. The molecule has 148 valence electrons. The Morgan fingerprint density at radius 1 is 1.18 bits per heavy atom. The highest BCUT2D eigenvalue weighted by atomic mass is 16.5. The first-order chi connectivity index (χ1) is 13.5. The lowest BCUT2D eigenvalue weighted by Gasteiger charge is -2.34. The number of carbonyl (C=O) groups excluding carboxylic acids is 2. The fraction of sp³-hybridized carbons (Fsp3) is 0.364. The smallest absolute Gasteiger partial charge is 0.249 e. The zero-order valence-electron chi connectivity index (χ0n) is 16.5. The largest absolute Gasteiger partial charge is 0.497 e. The van der Waals surface area contributed by atoms with E-state index >= 15 is 0 Å². The van der Waals surface area contributed by atoms with Crippen LogP contribution in [0, 0.1) is 0 Å². The van der Waals surface area contributed by atoms with E-state index in [1.807, 2.05) is 48.5 Å². The Kier molecular flexibility index (Phi) is 6.31. The molecule has 2 amide bonds. The summed E-state index contributed by atoms with van der Waals surface area (Å²) in [6.45, 7) is 4.75. The molecule has 2 aromatic carbocycles. The maximum absolute atomic E-state index is 12.8. The molecule has 6 heteroatoms. The number of methoxy groups -OCH3 is 1. The van der Waals surface area contributed by atoms with E-state index in [1.165, 1.54) is 5.56 Å². The second kappa shape index (κ2) is 8.89. The highest BCUT2D eigenvalue weighted by molar-refractivity contribution is 5.98. The van der Waals surface area contributed by atoms with Crippen molar-refractivity contribution in [1.29, 1.82) is 0 Å². The molecule has 6 nitrogen and oxygen atoms in total. The molecular formula is C22H26N2O4. The summed E-state index contributed by atoms with van der Waals surface area (Å²) in [6.07, 6.45) is 0. The molecule has 0 aliphatic carbocycles.